The maximum Gasteiger partial charge on any atom is 0.337 e. The summed E-state index contributed by atoms with van der Waals surface area (Å²) < 4.78 is 30.8. The number of carbonyl (C=O) groups is 1. The molecular weight excluding hydrogens is 256 g/mol. The normalized spacial score (nSPS) is 22.6. The van der Waals surface area contributed by atoms with Crippen molar-refractivity contribution in [3.63, 3.8) is 0 Å². The van der Waals surface area contributed by atoms with Crippen LogP contribution in [-0.2, 0) is 14.8 Å². The van der Waals surface area contributed by atoms with Crippen LogP contribution in [0, 0.1) is 0 Å². The van der Waals surface area contributed by atoms with E-state index >= 15 is 0 Å². The average molecular weight is 270 g/mol. The second-order valence-electron chi connectivity index (χ2n) is 4.14. The number of rotatable bonds is 4. The predicted octanol–water partition coefficient (Wildman–Crippen LogP) is -0.149. The Bertz CT molecular complexity index is 553. The van der Waals surface area contributed by atoms with Crippen LogP contribution >= 0.6 is 0 Å². The third kappa shape index (κ3) is 2.69. The number of nitrogens with one attached hydrogen (secondary N) is 1. The van der Waals surface area contributed by atoms with Gasteiger partial charge in [0, 0.05) is 12.1 Å². The monoisotopic (exact) mass is 270 g/mol. The molecule has 1 aliphatic rings. The highest BCUT2D eigenvalue weighted by molar-refractivity contribution is 7.89. The molecule has 2 atom stereocenters. The van der Waals surface area contributed by atoms with Crippen LogP contribution in [-0.4, -0.2) is 33.6 Å². The van der Waals surface area contributed by atoms with Crippen LogP contribution < -0.4 is 10.5 Å². The number of hydrogen-bond donors (Lipinski definition) is 2. The molecule has 0 aromatic heterocycles. The molecule has 18 heavy (non-hydrogen) atoms. The Hall–Kier alpha value is -1.44. The number of methoxy groups -OCH3 is 1. The molecule has 1 aliphatic carbocycles. The molecule has 3 N–H and O–H groups in total. The number of sulfonamides is 1. The van der Waals surface area contributed by atoms with Gasteiger partial charge in [-0.3, -0.25) is 0 Å². The van der Waals surface area contributed by atoms with Gasteiger partial charge in [-0.2, -0.15) is 0 Å². The van der Waals surface area contributed by atoms with Crippen LogP contribution in [0.4, 0.5) is 0 Å². The number of ether oxygens (including phenoxy) is 1. The largest absolute Gasteiger partial charge is 0.465 e. The highest BCUT2D eigenvalue weighted by atomic mass is 32.2. The average Bonchev–Trinajstić information content (AvgIpc) is 3.03. The molecule has 0 bridgehead atoms. The molecule has 0 amide bonds. The van der Waals surface area contributed by atoms with E-state index in [1.165, 1.54) is 31.4 Å². The summed E-state index contributed by atoms with van der Waals surface area (Å²) in [4.78, 5) is 11.3. The van der Waals surface area contributed by atoms with Crippen molar-refractivity contribution in [3.8, 4) is 0 Å². The fourth-order valence-corrected chi connectivity index (χ4v) is 2.81. The van der Waals surface area contributed by atoms with Gasteiger partial charge >= 0.3 is 5.97 Å². The zero-order valence-electron chi connectivity index (χ0n) is 9.79. The Morgan fingerprint density at radius 2 is 1.94 bits per heavy atom. The minimum absolute atomic E-state index is 0.103. The van der Waals surface area contributed by atoms with Gasteiger partial charge in [-0.25, -0.2) is 17.9 Å². The van der Waals surface area contributed by atoms with Crippen LogP contribution in [0.25, 0.3) is 0 Å². The third-order valence-corrected chi connectivity index (χ3v) is 4.24. The molecule has 0 spiro atoms. The van der Waals surface area contributed by atoms with E-state index in [0.717, 1.165) is 0 Å². The molecule has 0 heterocycles. The molecule has 1 fully saturated rings. The van der Waals surface area contributed by atoms with E-state index in [1.54, 1.807) is 0 Å². The predicted molar refractivity (Wildman–Crippen MR) is 64.5 cm³/mol. The summed E-state index contributed by atoms with van der Waals surface area (Å²) in [5.74, 6) is -0.504. The van der Waals surface area contributed by atoms with E-state index in [-0.39, 0.29) is 17.0 Å². The van der Waals surface area contributed by atoms with Crippen molar-refractivity contribution in [1.82, 2.24) is 4.72 Å². The van der Waals surface area contributed by atoms with Crippen molar-refractivity contribution in [1.29, 1.82) is 0 Å². The highest BCUT2D eigenvalue weighted by Gasteiger charge is 2.37. The Morgan fingerprint density at radius 3 is 2.39 bits per heavy atom. The Labute approximate surface area is 105 Å². The van der Waals surface area contributed by atoms with Gasteiger partial charge in [-0.1, -0.05) is 0 Å². The SMILES string of the molecule is COC(=O)c1ccc(S(=O)(=O)NC2CC2N)cc1. The summed E-state index contributed by atoms with van der Waals surface area (Å²) in [7, 11) is -2.29. The number of hydrogen-bond acceptors (Lipinski definition) is 5. The van der Waals surface area contributed by atoms with Crippen molar-refractivity contribution in [2.45, 2.75) is 23.4 Å². The topological polar surface area (TPSA) is 98.5 Å². The van der Waals surface area contributed by atoms with Crippen LogP contribution in [0.5, 0.6) is 0 Å². The summed E-state index contributed by atoms with van der Waals surface area (Å²) in [6.07, 6.45) is 0.652. The molecule has 0 radical (unpaired) electrons. The van der Waals surface area contributed by atoms with Gasteiger partial charge < -0.3 is 10.5 Å². The van der Waals surface area contributed by atoms with Crippen molar-refractivity contribution in [2.24, 2.45) is 5.73 Å². The summed E-state index contributed by atoms with van der Waals surface area (Å²) in [6, 6.07) is 5.26. The van der Waals surface area contributed by atoms with Crippen LogP contribution in [0.15, 0.2) is 29.2 Å². The molecular formula is C11H14N2O4S. The van der Waals surface area contributed by atoms with E-state index in [1.807, 2.05) is 0 Å². The molecule has 6 nitrogen and oxygen atoms in total. The van der Waals surface area contributed by atoms with E-state index < -0.39 is 16.0 Å². The second kappa shape index (κ2) is 4.68. The fourth-order valence-electron chi connectivity index (χ4n) is 1.51. The Morgan fingerprint density at radius 1 is 1.39 bits per heavy atom. The quantitative estimate of drug-likeness (QED) is 0.741. The van der Waals surface area contributed by atoms with Gasteiger partial charge in [-0.05, 0) is 30.7 Å². The number of benzene rings is 1. The number of nitrogens with two attached hydrogens (primary N) is 1. The smallest absolute Gasteiger partial charge is 0.337 e. The first kappa shape index (κ1) is 13.0. The van der Waals surface area contributed by atoms with Gasteiger partial charge in [0.05, 0.1) is 17.6 Å². The molecule has 2 rings (SSSR count). The van der Waals surface area contributed by atoms with Crippen LogP contribution in [0.3, 0.4) is 0 Å². The van der Waals surface area contributed by atoms with Gasteiger partial charge in [0.1, 0.15) is 0 Å². The molecule has 7 heteroatoms. The fraction of sp³-hybridized carbons (Fsp3) is 0.364. The van der Waals surface area contributed by atoms with E-state index in [2.05, 4.69) is 9.46 Å². The van der Waals surface area contributed by atoms with E-state index in [0.29, 0.717) is 12.0 Å². The summed E-state index contributed by atoms with van der Waals surface area (Å²) in [5, 5.41) is 0. The first-order chi connectivity index (χ1) is 8.44. The zero-order chi connectivity index (χ0) is 13.3. The molecule has 1 aromatic rings. The van der Waals surface area contributed by atoms with Gasteiger partial charge in [-0.15, -0.1) is 0 Å². The molecule has 1 saturated carbocycles. The molecule has 1 aromatic carbocycles. The lowest BCUT2D eigenvalue weighted by molar-refractivity contribution is 0.0600. The Balaban J connectivity index is 2.16. The standard InChI is InChI=1S/C11H14N2O4S/c1-17-11(14)7-2-4-8(5-3-7)18(15,16)13-10-6-9(10)12/h2-5,9-10,13H,6,12H2,1H3. The lowest BCUT2D eigenvalue weighted by Crippen LogP contribution is -2.29. The number of esters is 1. The maximum absolute atomic E-state index is 11.9. The van der Waals surface area contributed by atoms with Crippen molar-refractivity contribution in [2.75, 3.05) is 7.11 Å². The first-order valence-corrected chi connectivity index (χ1v) is 6.88. The molecule has 0 aliphatic heterocycles. The van der Waals surface area contributed by atoms with Crippen LogP contribution in [0.1, 0.15) is 16.8 Å². The molecule has 98 valence electrons. The van der Waals surface area contributed by atoms with Crippen molar-refractivity contribution >= 4 is 16.0 Å². The van der Waals surface area contributed by atoms with Crippen LogP contribution in [0.2, 0.25) is 0 Å². The van der Waals surface area contributed by atoms with E-state index in [9.17, 15) is 13.2 Å². The first-order valence-electron chi connectivity index (χ1n) is 5.40. The lowest BCUT2D eigenvalue weighted by atomic mass is 10.2. The van der Waals surface area contributed by atoms with Crippen molar-refractivity contribution in [3.05, 3.63) is 29.8 Å². The third-order valence-electron chi connectivity index (χ3n) is 2.73. The van der Waals surface area contributed by atoms with Gasteiger partial charge in [0.25, 0.3) is 0 Å². The molecule has 0 saturated heterocycles. The van der Waals surface area contributed by atoms with Gasteiger partial charge in [0.2, 0.25) is 10.0 Å². The minimum atomic E-state index is -3.56. The summed E-state index contributed by atoms with van der Waals surface area (Å²) in [5.41, 5.74) is 5.85. The second-order valence-corrected chi connectivity index (χ2v) is 5.86. The van der Waals surface area contributed by atoms with Gasteiger partial charge in [0.15, 0.2) is 0 Å². The van der Waals surface area contributed by atoms with Crippen molar-refractivity contribution < 1.29 is 17.9 Å². The highest BCUT2D eigenvalue weighted by Crippen LogP contribution is 2.21. The van der Waals surface area contributed by atoms with E-state index in [4.69, 9.17) is 5.73 Å². The number of carbonyl (C=O) groups excluding carboxylic acids is 1. The summed E-state index contributed by atoms with van der Waals surface area (Å²) in [6.45, 7) is 0. The maximum atomic E-state index is 11.9. The minimum Gasteiger partial charge on any atom is -0.465 e. The molecule has 2 unspecified atom stereocenters. The summed E-state index contributed by atoms with van der Waals surface area (Å²) >= 11 is 0. The Kier molecular flexibility index (Phi) is 3.38. The lowest BCUT2D eigenvalue weighted by Gasteiger charge is -2.06. The zero-order valence-corrected chi connectivity index (χ0v) is 10.6.